The van der Waals surface area contributed by atoms with E-state index < -0.39 is 173 Å². The Kier molecular flexibility index (Phi) is 29.7. The SMILES string of the molecule is CC[C@H](C)[C@@H]1NC(=O)[C@H](C)N(C)C(=O)C[C@@H](C(=O)N2CCCCC2)N(C)C(=O)[C@H](C2CCCCC2)N(C)C(=O)C2(CCCC2)NC(=O)[C@H](Cc2cccnc2)N(C)C(=O)[C@H](CCc2ccc(C(F)(F)F)c(Cl)c2)NC(=O)CN(C)C(=O)[C@H](CC2CCCCC2)N(C)C(=O)CN(C)C(=O)CN(C)C1=O. The molecule has 3 N–H and O–H groups in total. The number of piperidine rings is 1. The third-order valence-corrected chi connectivity index (χ3v) is 22.6. The first-order chi connectivity index (χ1) is 48.7. The smallest absolute Gasteiger partial charge is 0.343 e. The Hall–Kier alpha value is -7.91. The lowest BCUT2D eigenvalue weighted by atomic mass is 9.81. The van der Waals surface area contributed by atoms with Gasteiger partial charge in [-0.1, -0.05) is 108 Å². The minimum atomic E-state index is -4.78. The molecule has 29 heteroatoms. The summed E-state index contributed by atoms with van der Waals surface area (Å²) in [6, 6.07) is -2.76. The molecule has 7 rings (SSSR count). The molecule has 0 bridgehead atoms. The van der Waals surface area contributed by atoms with Gasteiger partial charge in [-0.05, 0) is 118 Å². The van der Waals surface area contributed by atoms with E-state index in [1.54, 1.807) is 24.0 Å². The van der Waals surface area contributed by atoms with E-state index in [-0.39, 0.29) is 50.0 Å². The van der Waals surface area contributed by atoms with Crippen LogP contribution >= 0.6 is 11.6 Å². The van der Waals surface area contributed by atoms with Crippen LogP contribution in [0, 0.1) is 17.8 Å². The Labute approximate surface area is 609 Å². The first-order valence-corrected chi connectivity index (χ1v) is 37.1. The lowest BCUT2D eigenvalue weighted by molar-refractivity contribution is -0.157. The topological polar surface area (TPSA) is 283 Å². The van der Waals surface area contributed by atoms with Gasteiger partial charge in [0.2, 0.25) is 70.9 Å². The zero-order valence-corrected chi connectivity index (χ0v) is 62.8. The first kappa shape index (κ1) is 82.4. The quantitative estimate of drug-likeness (QED) is 0.238. The van der Waals surface area contributed by atoms with Gasteiger partial charge in [0.05, 0.1) is 36.6 Å². The van der Waals surface area contributed by atoms with E-state index in [0.29, 0.717) is 63.6 Å². The Morgan fingerprint density at radius 3 is 1.85 bits per heavy atom. The molecule has 5 fully saturated rings. The number of carbonyl (C=O) groups is 12. The van der Waals surface area contributed by atoms with E-state index in [0.717, 1.165) is 94.4 Å². The second kappa shape index (κ2) is 37.2. The van der Waals surface area contributed by atoms with Crippen LogP contribution in [-0.2, 0) is 76.6 Å². The molecule has 3 aliphatic carbocycles. The van der Waals surface area contributed by atoms with Gasteiger partial charge in [-0.15, -0.1) is 0 Å². The number of halogens is 4. The molecule has 3 saturated carbocycles. The molecule has 1 aromatic heterocycles. The standard InChI is InChI=1S/C74H109ClF3N13O12/c1-12-47(2)63-70(101)85(6)45-61(94)83(4)46-62(95)87(8)57(40-49-25-16-13-17-26-49)68(99)84(5)44-59(92)80-55(33-31-50-30-32-53(54(75)39-50)74(76,77)78)67(98)88(9)56(41-51-27-24-36-79-43-51)66(97)82-73(34-20-21-35-73)72(103)90(11)64(52-28-18-14-19-29-52)71(102)89(10)58(69(100)91-37-22-15-23-38-91)42-60(93)86(7)48(3)65(96)81-63/h24,27,30,32,36,39,43,47-49,52,55-58,63-64H,12-23,25-26,28-29,31,33-35,37-38,40-42,44-46H2,1-11H3,(H,80,92)(H,81,96)(H,82,97)/t47-,48-,55-,56-,57-,58-,63-,64-/m0/s1. The van der Waals surface area contributed by atoms with Crippen LogP contribution in [0.5, 0.6) is 0 Å². The molecule has 25 nitrogen and oxygen atoms in total. The minimum absolute atomic E-state index is 0.000486. The second-order valence-electron chi connectivity index (χ2n) is 29.5. The van der Waals surface area contributed by atoms with Crippen LogP contribution in [0.4, 0.5) is 13.2 Å². The van der Waals surface area contributed by atoms with Crippen molar-refractivity contribution in [1.82, 2.24) is 65.0 Å². The van der Waals surface area contributed by atoms with Crippen molar-refractivity contribution >= 4 is 82.5 Å². The molecule has 1 spiro atoms. The molecule has 103 heavy (non-hydrogen) atoms. The third kappa shape index (κ3) is 21.2. The zero-order valence-electron chi connectivity index (χ0n) is 62.0. The average Bonchev–Trinajstić information content (AvgIpc) is 1.73. The summed E-state index contributed by atoms with van der Waals surface area (Å²) >= 11 is 6.19. The van der Waals surface area contributed by atoms with Gasteiger partial charge in [0.15, 0.2) is 0 Å². The predicted octanol–water partition coefficient (Wildman–Crippen LogP) is 5.87. The maximum absolute atomic E-state index is 15.9. The number of carbonyl (C=O) groups excluding carboxylic acids is 12. The van der Waals surface area contributed by atoms with E-state index in [1.807, 2.05) is 6.92 Å². The van der Waals surface area contributed by atoms with Crippen LogP contribution in [0.1, 0.15) is 172 Å². The molecule has 1 aromatic carbocycles. The van der Waals surface area contributed by atoms with E-state index in [2.05, 4.69) is 20.9 Å². The van der Waals surface area contributed by atoms with Gasteiger partial charge in [-0.3, -0.25) is 62.5 Å². The number of hydrogen-bond donors (Lipinski definition) is 3. The highest BCUT2D eigenvalue weighted by Crippen LogP contribution is 2.38. The number of aryl methyl sites for hydroxylation is 1. The number of nitrogens with one attached hydrogen (secondary N) is 3. The monoisotopic (exact) mass is 1460 g/mol. The number of alkyl halides is 3. The third-order valence-electron chi connectivity index (χ3n) is 22.3. The number of hydrogen-bond acceptors (Lipinski definition) is 13. The first-order valence-electron chi connectivity index (χ1n) is 36.7. The number of likely N-dealkylation sites (N-methyl/N-ethyl adjacent to an activating group) is 8. The summed E-state index contributed by atoms with van der Waals surface area (Å²) in [5.74, 6) is -9.13. The molecule has 570 valence electrons. The highest BCUT2D eigenvalue weighted by Gasteiger charge is 2.51. The number of benzene rings is 1. The predicted molar refractivity (Wildman–Crippen MR) is 380 cm³/mol. The summed E-state index contributed by atoms with van der Waals surface area (Å²) in [7, 11) is 11.2. The summed E-state index contributed by atoms with van der Waals surface area (Å²) in [6.45, 7) is 4.01. The van der Waals surface area contributed by atoms with Crippen molar-refractivity contribution in [1.29, 1.82) is 0 Å². The van der Waals surface area contributed by atoms with E-state index >= 15 is 24.0 Å². The normalized spacial score (nSPS) is 25.9. The Morgan fingerprint density at radius 2 is 1.25 bits per heavy atom. The zero-order chi connectivity index (χ0) is 75.8. The number of likely N-dealkylation sites (tertiary alicyclic amines) is 1. The van der Waals surface area contributed by atoms with Crippen LogP contribution in [0.25, 0.3) is 0 Å². The molecule has 3 heterocycles. The van der Waals surface area contributed by atoms with Gasteiger partial charge in [-0.2, -0.15) is 13.2 Å². The molecule has 8 atom stereocenters. The summed E-state index contributed by atoms with van der Waals surface area (Å²) in [5, 5.41) is 8.05. The minimum Gasteiger partial charge on any atom is -0.343 e. The highest BCUT2D eigenvalue weighted by molar-refractivity contribution is 6.31. The number of amides is 12. The molecular weight excluding hydrogens is 1360 g/mol. The lowest BCUT2D eigenvalue weighted by Crippen LogP contribution is -2.66. The van der Waals surface area contributed by atoms with Gasteiger partial charge in [0.1, 0.15) is 47.8 Å². The van der Waals surface area contributed by atoms with Crippen molar-refractivity contribution in [3.63, 3.8) is 0 Å². The van der Waals surface area contributed by atoms with E-state index in [9.17, 15) is 46.7 Å². The van der Waals surface area contributed by atoms with Crippen molar-refractivity contribution in [3.8, 4) is 0 Å². The van der Waals surface area contributed by atoms with Crippen molar-refractivity contribution in [3.05, 3.63) is 64.4 Å². The molecule has 2 aromatic rings. The van der Waals surface area contributed by atoms with E-state index in [4.69, 9.17) is 11.6 Å². The van der Waals surface area contributed by atoms with Crippen LogP contribution < -0.4 is 16.0 Å². The Bertz CT molecular complexity index is 3340. The van der Waals surface area contributed by atoms with Crippen LogP contribution in [0.15, 0.2) is 42.7 Å². The maximum atomic E-state index is 15.9. The van der Waals surface area contributed by atoms with Gasteiger partial charge >= 0.3 is 6.18 Å². The largest absolute Gasteiger partial charge is 0.417 e. The Balaban J connectivity index is 1.31. The summed E-state index contributed by atoms with van der Waals surface area (Å²) in [6.07, 6.45) is 8.73. The number of rotatable bonds is 11. The van der Waals surface area contributed by atoms with Crippen LogP contribution in [0.2, 0.25) is 5.02 Å². The van der Waals surface area contributed by atoms with Crippen LogP contribution in [-0.4, -0.2) is 257 Å². The van der Waals surface area contributed by atoms with Crippen molar-refractivity contribution in [2.24, 2.45) is 17.8 Å². The molecule has 0 radical (unpaired) electrons. The van der Waals surface area contributed by atoms with E-state index in [1.165, 1.54) is 96.5 Å². The summed E-state index contributed by atoms with van der Waals surface area (Å²) in [4.78, 5) is 195. The number of nitrogens with zero attached hydrogens (tertiary/aromatic N) is 10. The lowest BCUT2D eigenvalue weighted by Gasteiger charge is -2.43. The summed E-state index contributed by atoms with van der Waals surface area (Å²) < 4.78 is 41.9. The highest BCUT2D eigenvalue weighted by atomic mass is 35.5. The fourth-order valence-corrected chi connectivity index (χ4v) is 15.6. The molecule has 0 unspecified atom stereocenters. The number of pyridine rings is 1. The fourth-order valence-electron chi connectivity index (χ4n) is 15.2. The van der Waals surface area contributed by atoms with Crippen molar-refractivity contribution in [2.75, 3.05) is 89.1 Å². The molecule has 2 aliphatic heterocycles. The van der Waals surface area contributed by atoms with Gasteiger partial charge in [0, 0.05) is 88.3 Å². The molecular formula is C74H109ClF3N13O12. The van der Waals surface area contributed by atoms with Gasteiger partial charge < -0.3 is 60.0 Å². The van der Waals surface area contributed by atoms with Crippen molar-refractivity contribution in [2.45, 2.75) is 222 Å². The van der Waals surface area contributed by atoms with Crippen LogP contribution in [0.3, 0.4) is 0 Å². The molecule has 5 aliphatic rings. The number of aromatic nitrogens is 1. The average molecular weight is 1470 g/mol. The second-order valence-corrected chi connectivity index (χ2v) is 30.0. The van der Waals surface area contributed by atoms with Gasteiger partial charge in [0.25, 0.3) is 0 Å². The van der Waals surface area contributed by atoms with Crippen molar-refractivity contribution < 1.29 is 70.7 Å². The molecule has 2 saturated heterocycles. The summed E-state index contributed by atoms with van der Waals surface area (Å²) in [5.41, 5.74) is -1.99. The fraction of sp³-hybridized carbons (Fsp3) is 0.689. The maximum Gasteiger partial charge on any atom is 0.417 e. The van der Waals surface area contributed by atoms with Gasteiger partial charge in [-0.25, -0.2) is 0 Å². The Morgan fingerprint density at radius 1 is 0.641 bits per heavy atom. The molecule has 12 amide bonds.